The van der Waals surface area contributed by atoms with Crippen LogP contribution in [0.2, 0.25) is 0 Å². The first kappa shape index (κ1) is 15.7. The van der Waals surface area contributed by atoms with Gasteiger partial charge in [0.1, 0.15) is 5.82 Å². The minimum absolute atomic E-state index is 0.0225. The summed E-state index contributed by atoms with van der Waals surface area (Å²) in [5.41, 5.74) is 1.84. The topological polar surface area (TPSA) is 45.6 Å². The summed E-state index contributed by atoms with van der Waals surface area (Å²) in [6.45, 7) is 5.83. The van der Waals surface area contributed by atoms with Crippen LogP contribution < -0.4 is 4.90 Å². The zero-order chi connectivity index (χ0) is 15.2. The predicted molar refractivity (Wildman–Crippen MR) is 86.6 cm³/mol. The third-order valence-corrected chi connectivity index (χ3v) is 3.91. The molecule has 4 nitrogen and oxygen atoms in total. The number of ether oxygens (including phenoxy) is 1. The Morgan fingerprint density at radius 3 is 2.76 bits per heavy atom. The average Bonchev–Trinajstić information content (AvgIpc) is 2.54. The highest BCUT2D eigenvalue weighted by Crippen LogP contribution is 2.24. The van der Waals surface area contributed by atoms with E-state index >= 15 is 0 Å². The third kappa shape index (κ3) is 3.52. The molecule has 0 aliphatic carbocycles. The van der Waals surface area contributed by atoms with Crippen LogP contribution in [0.5, 0.6) is 0 Å². The Kier molecular flexibility index (Phi) is 5.53. The van der Waals surface area contributed by atoms with Crippen LogP contribution in [0.15, 0.2) is 30.3 Å². The number of nitrogens with zero attached hydrogens (tertiary/aromatic N) is 2. The maximum atomic E-state index is 9.64. The molecule has 1 N–H and O–H groups in total. The number of benzene rings is 1. The van der Waals surface area contributed by atoms with E-state index in [9.17, 15) is 5.11 Å². The minimum Gasteiger partial charge on any atom is -0.392 e. The van der Waals surface area contributed by atoms with Gasteiger partial charge in [-0.2, -0.15) is 0 Å². The van der Waals surface area contributed by atoms with Gasteiger partial charge in [0.05, 0.1) is 18.7 Å². The Morgan fingerprint density at radius 1 is 1.33 bits per heavy atom. The SMILES string of the molecule is CCC(C)N(CCOC)c1cc(CO)c2ccccc2n1. The summed E-state index contributed by atoms with van der Waals surface area (Å²) in [7, 11) is 1.71. The number of hydrogen-bond acceptors (Lipinski definition) is 4. The smallest absolute Gasteiger partial charge is 0.129 e. The van der Waals surface area contributed by atoms with E-state index in [0.29, 0.717) is 12.6 Å². The van der Waals surface area contributed by atoms with E-state index in [1.165, 1.54) is 0 Å². The molecule has 0 radical (unpaired) electrons. The van der Waals surface area contributed by atoms with Gasteiger partial charge in [0, 0.05) is 25.1 Å². The molecule has 0 bridgehead atoms. The van der Waals surface area contributed by atoms with Gasteiger partial charge in [-0.3, -0.25) is 0 Å². The van der Waals surface area contributed by atoms with Crippen LogP contribution >= 0.6 is 0 Å². The Bertz CT molecular complexity index is 586. The van der Waals surface area contributed by atoms with Crippen LogP contribution in [-0.4, -0.2) is 36.4 Å². The molecule has 2 aromatic rings. The maximum absolute atomic E-state index is 9.64. The Labute approximate surface area is 126 Å². The van der Waals surface area contributed by atoms with Crippen LogP contribution in [0.25, 0.3) is 10.9 Å². The molecule has 21 heavy (non-hydrogen) atoms. The molecule has 1 aromatic heterocycles. The molecule has 0 aliphatic rings. The second-order valence-corrected chi connectivity index (χ2v) is 5.26. The number of methoxy groups -OCH3 is 1. The molecule has 2 rings (SSSR count). The van der Waals surface area contributed by atoms with E-state index < -0.39 is 0 Å². The lowest BCUT2D eigenvalue weighted by Gasteiger charge is -2.30. The average molecular weight is 288 g/mol. The summed E-state index contributed by atoms with van der Waals surface area (Å²) < 4.78 is 5.21. The van der Waals surface area contributed by atoms with E-state index in [-0.39, 0.29) is 6.61 Å². The summed E-state index contributed by atoms with van der Waals surface area (Å²) in [4.78, 5) is 7.01. The second kappa shape index (κ2) is 7.38. The summed E-state index contributed by atoms with van der Waals surface area (Å²) in [6.07, 6.45) is 1.03. The second-order valence-electron chi connectivity index (χ2n) is 5.26. The molecule has 1 unspecified atom stereocenters. The van der Waals surface area contributed by atoms with Crippen LogP contribution in [-0.2, 0) is 11.3 Å². The van der Waals surface area contributed by atoms with Crippen molar-refractivity contribution in [3.63, 3.8) is 0 Å². The highest BCUT2D eigenvalue weighted by atomic mass is 16.5. The van der Waals surface area contributed by atoms with Crippen LogP contribution in [0.4, 0.5) is 5.82 Å². The zero-order valence-electron chi connectivity index (χ0n) is 13.0. The normalized spacial score (nSPS) is 12.6. The molecule has 0 amide bonds. The molecule has 1 aromatic carbocycles. The van der Waals surface area contributed by atoms with E-state index in [1.807, 2.05) is 30.3 Å². The standard InChI is InChI=1S/C17H24N2O2/c1-4-13(2)19(9-10-21-3)17-11-14(12-20)15-7-5-6-8-16(15)18-17/h5-8,11,13,20H,4,9-10,12H2,1-3H3. The van der Waals surface area contributed by atoms with E-state index in [2.05, 4.69) is 18.7 Å². The first-order chi connectivity index (χ1) is 10.2. The number of aromatic nitrogens is 1. The monoisotopic (exact) mass is 288 g/mol. The lowest BCUT2D eigenvalue weighted by Crippen LogP contribution is -2.36. The molecule has 0 aliphatic heterocycles. The molecule has 1 atom stereocenters. The fourth-order valence-electron chi connectivity index (χ4n) is 2.48. The molecule has 0 saturated heterocycles. The van der Waals surface area contributed by atoms with Crippen molar-refractivity contribution >= 4 is 16.7 Å². The number of aliphatic hydroxyl groups is 1. The fraction of sp³-hybridized carbons (Fsp3) is 0.471. The predicted octanol–water partition coefficient (Wildman–Crippen LogP) is 2.98. The summed E-state index contributed by atoms with van der Waals surface area (Å²) in [5, 5.41) is 10.7. The van der Waals surface area contributed by atoms with E-state index in [0.717, 1.165) is 35.2 Å². The molecule has 1 heterocycles. The van der Waals surface area contributed by atoms with Gasteiger partial charge in [-0.15, -0.1) is 0 Å². The van der Waals surface area contributed by atoms with Gasteiger partial charge in [-0.05, 0) is 31.0 Å². The number of aliphatic hydroxyl groups excluding tert-OH is 1. The van der Waals surface area contributed by atoms with Gasteiger partial charge in [-0.25, -0.2) is 4.98 Å². The molecular weight excluding hydrogens is 264 g/mol. The largest absolute Gasteiger partial charge is 0.392 e. The first-order valence-corrected chi connectivity index (χ1v) is 7.46. The Balaban J connectivity index is 2.46. The molecule has 4 heteroatoms. The summed E-state index contributed by atoms with van der Waals surface area (Å²) in [5.74, 6) is 0.907. The molecule has 0 spiro atoms. The zero-order valence-corrected chi connectivity index (χ0v) is 13.0. The summed E-state index contributed by atoms with van der Waals surface area (Å²) >= 11 is 0. The van der Waals surface area contributed by atoms with E-state index in [1.54, 1.807) is 7.11 Å². The highest BCUT2D eigenvalue weighted by molar-refractivity contribution is 5.84. The van der Waals surface area contributed by atoms with Crippen molar-refractivity contribution in [1.82, 2.24) is 4.98 Å². The van der Waals surface area contributed by atoms with Crippen LogP contribution in [0.3, 0.4) is 0 Å². The number of rotatable bonds is 7. The fourth-order valence-corrected chi connectivity index (χ4v) is 2.48. The minimum atomic E-state index is 0.0225. The maximum Gasteiger partial charge on any atom is 0.129 e. The number of hydrogen-bond donors (Lipinski definition) is 1. The van der Waals surface area contributed by atoms with E-state index in [4.69, 9.17) is 9.72 Å². The quantitative estimate of drug-likeness (QED) is 0.851. The van der Waals surface area contributed by atoms with Crippen molar-refractivity contribution < 1.29 is 9.84 Å². The van der Waals surface area contributed by atoms with Gasteiger partial charge in [0.15, 0.2) is 0 Å². The van der Waals surface area contributed by atoms with Crippen molar-refractivity contribution in [2.75, 3.05) is 25.2 Å². The molecule has 114 valence electrons. The number of fused-ring (bicyclic) bond motifs is 1. The lowest BCUT2D eigenvalue weighted by molar-refractivity contribution is 0.203. The summed E-state index contributed by atoms with van der Waals surface area (Å²) in [6, 6.07) is 10.3. The van der Waals surface area contributed by atoms with Gasteiger partial charge < -0.3 is 14.7 Å². The lowest BCUT2D eigenvalue weighted by atomic mass is 10.1. The van der Waals surface area contributed by atoms with Crippen molar-refractivity contribution in [2.24, 2.45) is 0 Å². The van der Waals surface area contributed by atoms with Crippen molar-refractivity contribution in [3.8, 4) is 0 Å². The van der Waals surface area contributed by atoms with Crippen molar-refractivity contribution in [2.45, 2.75) is 32.9 Å². The van der Waals surface area contributed by atoms with Gasteiger partial charge in [0.25, 0.3) is 0 Å². The van der Waals surface area contributed by atoms with Crippen LogP contribution in [0.1, 0.15) is 25.8 Å². The molecule has 0 saturated carbocycles. The number of pyridine rings is 1. The van der Waals surface area contributed by atoms with Gasteiger partial charge in [0.2, 0.25) is 0 Å². The molecular formula is C17H24N2O2. The molecule has 0 fully saturated rings. The Hall–Kier alpha value is -1.65. The third-order valence-electron chi connectivity index (χ3n) is 3.91. The van der Waals surface area contributed by atoms with Crippen LogP contribution in [0, 0.1) is 0 Å². The number of para-hydroxylation sites is 1. The number of anilines is 1. The highest BCUT2D eigenvalue weighted by Gasteiger charge is 2.16. The first-order valence-electron chi connectivity index (χ1n) is 7.46. The van der Waals surface area contributed by atoms with Crippen molar-refractivity contribution in [3.05, 3.63) is 35.9 Å². The Morgan fingerprint density at radius 2 is 2.10 bits per heavy atom. The van der Waals surface area contributed by atoms with Crippen molar-refractivity contribution in [1.29, 1.82) is 0 Å². The van der Waals surface area contributed by atoms with Gasteiger partial charge >= 0.3 is 0 Å². The van der Waals surface area contributed by atoms with Gasteiger partial charge in [-0.1, -0.05) is 25.1 Å².